The Bertz CT molecular complexity index is 688. The molecule has 0 spiro atoms. The van der Waals surface area contributed by atoms with E-state index in [0.29, 0.717) is 26.1 Å². The van der Waals surface area contributed by atoms with Crippen LogP contribution in [0.25, 0.3) is 0 Å². The predicted molar refractivity (Wildman–Crippen MR) is 89.0 cm³/mol. The van der Waals surface area contributed by atoms with Gasteiger partial charge in [-0.2, -0.15) is 0 Å². The fourth-order valence-corrected chi connectivity index (χ4v) is 3.29. The summed E-state index contributed by atoms with van der Waals surface area (Å²) in [6, 6.07) is 6.28. The first-order valence-electron chi connectivity index (χ1n) is 7.74. The van der Waals surface area contributed by atoms with Crippen LogP contribution in [-0.4, -0.2) is 58.0 Å². The van der Waals surface area contributed by atoms with E-state index >= 15 is 0 Å². The number of aryl methyl sites for hydroxylation is 1. The third-order valence-corrected chi connectivity index (χ3v) is 5.06. The molecule has 0 bridgehead atoms. The van der Waals surface area contributed by atoms with E-state index in [1.165, 1.54) is 4.90 Å². The molecule has 0 aliphatic carbocycles. The van der Waals surface area contributed by atoms with Crippen molar-refractivity contribution in [2.24, 2.45) is 0 Å². The Kier molecular flexibility index (Phi) is 6.16. The molecule has 1 aromatic rings. The van der Waals surface area contributed by atoms with Crippen molar-refractivity contribution >= 4 is 22.0 Å². The molecule has 1 aliphatic rings. The number of benzene rings is 1. The zero-order valence-corrected chi connectivity index (χ0v) is 14.4. The molecule has 1 heterocycles. The molecule has 1 aliphatic heterocycles. The number of hydrogen-bond donors (Lipinski definition) is 3. The molecule has 0 aromatic heterocycles. The first kappa shape index (κ1) is 18.2. The summed E-state index contributed by atoms with van der Waals surface area (Å²) in [6.07, 6.45) is 0.455. The van der Waals surface area contributed by atoms with Gasteiger partial charge in [-0.3, -0.25) is 4.79 Å². The first-order chi connectivity index (χ1) is 11.4. The predicted octanol–water partition coefficient (Wildman–Crippen LogP) is -0.195. The molecule has 24 heavy (non-hydrogen) atoms. The number of piperazine rings is 1. The molecule has 9 heteroatoms. The SMILES string of the molecule is Cc1ccc(S(=O)(=O)NCCCNC(=O)N2CCNC(=O)C2)cc1. The van der Waals surface area contributed by atoms with Gasteiger partial charge < -0.3 is 15.5 Å². The number of nitrogens with one attached hydrogen (secondary N) is 3. The van der Waals surface area contributed by atoms with Crippen molar-refractivity contribution in [3.8, 4) is 0 Å². The molecular formula is C15H22N4O4S. The smallest absolute Gasteiger partial charge is 0.317 e. The maximum absolute atomic E-state index is 12.1. The highest BCUT2D eigenvalue weighted by molar-refractivity contribution is 7.89. The zero-order chi connectivity index (χ0) is 17.6. The van der Waals surface area contributed by atoms with Gasteiger partial charge in [-0.1, -0.05) is 17.7 Å². The third-order valence-electron chi connectivity index (χ3n) is 3.58. The number of amides is 3. The largest absolute Gasteiger partial charge is 0.353 e. The summed E-state index contributed by atoms with van der Waals surface area (Å²) in [6.45, 7) is 3.40. The van der Waals surface area contributed by atoms with Gasteiger partial charge in [-0.05, 0) is 25.5 Å². The molecule has 3 N–H and O–H groups in total. The second kappa shape index (κ2) is 8.11. The summed E-state index contributed by atoms with van der Waals surface area (Å²) in [5, 5.41) is 5.32. The van der Waals surface area contributed by atoms with Crippen LogP contribution in [0, 0.1) is 6.92 Å². The lowest BCUT2D eigenvalue weighted by Crippen LogP contribution is -2.53. The average Bonchev–Trinajstić information content (AvgIpc) is 2.54. The fraction of sp³-hybridized carbons (Fsp3) is 0.467. The number of urea groups is 1. The zero-order valence-electron chi connectivity index (χ0n) is 13.5. The average molecular weight is 354 g/mol. The standard InChI is InChI=1S/C15H22N4O4S/c1-12-3-5-13(6-4-12)24(22,23)18-8-2-7-17-15(21)19-10-9-16-14(20)11-19/h3-6,18H,2,7-11H2,1H3,(H,16,20)(H,17,21). The Morgan fingerprint density at radius 1 is 1.25 bits per heavy atom. The van der Waals surface area contributed by atoms with E-state index < -0.39 is 10.0 Å². The van der Waals surface area contributed by atoms with Crippen LogP contribution in [0.2, 0.25) is 0 Å². The minimum atomic E-state index is -3.53. The van der Waals surface area contributed by atoms with Crippen molar-refractivity contribution in [3.63, 3.8) is 0 Å². The Balaban J connectivity index is 1.70. The van der Waals surface area contributed by atoms with Gasteiger partial charge in [0, 0.05) is 26.2 Å². The number of nitrogens with zero attached hydrogens (tertiary/aromatic N) is 1. The molecule has 3 amide bonds. The minimum Gasteiger partial charge on any atom is -0.353 e. The van der Waals surface area contributed by atoms with Crippen LogP contribution in [0.4, 0.5) is 4.79 Å². The monoisotopic (exact) mass is 354 g/mol. The first-order valence-corrected chi connectivity index (χ1v) is 9.22. The summed E-state index contributed by atoms with van der Waals surface area (Å²) in [4.78, 5) is 24.7. The van der Waals surface area contributed by atoms with Gasteiger partial charge in [-0.15, -0.1) is 0 Å². The summed E-state index contributed by atoms with van der Waals surface area (Å²) in [7, 11) is -3.53. The molecule has 132 valence electrons. The van der Waals surface area contributed by atoms with E-state index in [-0.39, 0.29) is 29.9 Å². The highest BCUT2D eigenvalue weighted by Crippen LogP contribution is 2.09. The number of rotatable bonds is 6. The minimum absolute atomic E-state index is 0.0475. The van der Waals surface area contributed by atoms with Crippen molar-refractivity contribution in [3.05, 3.63) is 29.8 Å². The maximum atomic E-state index is 12.1. The topological polar surface area (TPSA) is 108 Å². The van der Waals surface area contributed by atoms with Crippen molar-refractivity contribution in [2.75, 3.05) is 32.7 Å². The van der Waals surface area contributed by atoms with Gasteiger partial charge in [0.15, 0.2) is 0 Å². The van der Waals surface area contributed by atoms with E-state index in [4.69, 9.17) is 0 Å². The Labute approximate surface area is 141 Å². The molecular weight excluding hydrogens is 332 g/mol. The van der Waals surface area contributed by atoms with Crippen LogP contribution in [0.1, 0.15) is 12.0 Å². The number of carbonyl (C=O) groups is 2. The van der Waals surface area contributed by atoms with Gasteiger partial charge in [0.05, 0.1) is 4.90 Å². The molecule has 1 fully saturated rings. The van der Waals surface area contributed by atoms with Gasteiger partial charge in [-0.25, -0.2) is 17.9 Å². The quantitative estimate of drug-likeness (QED) is 0.615. The molecule has 0 atom stereocenters. The molecule has 2 rings (SSSR count). The van der Waals surface area contributed by atoms with E-state index in [0.717, 1.165) is 5.56 Å². The number of carbonyl (C=O) groups excluding carboxylic acids is 2. The van der Waals surface area contributed by atoms with Gasteiger partial charge >= 0.3 is 6.03 Å². The second-order valence-electron chi connectivity index (χ2n) is 5.57. The lowest BCUT2D eigenvalue weighted by molar-refractivity contribution is -0.123. The van der Waals surface area contributed by atoms with Crippen LogP contribution in [0.15, 0.2) is 29.2 Å². The normalized spacial score (nSPS) is 15.0. The lowest BCUT2D eigenvalue weighted by atomic mass is 10.2. The second-order valence-corrected chi connectivity index (χ2v) is 7.33. The van der Waals surface area contributed by atoms with Crippen molar-refractivity contribution < 1.29 is 18.0 Å². The summed E-state index contributed by atoms with van der Waals surface area (Å²) in [5.74, 6) is -0.178. The summed E-state index contributed by atoms with van der Waals surface area (Å²) < 4.78 is 26.6. The highest BCUT2D eigenvalue weighted by atomic mass is 32.2. The lowest BCUT2D eigenvalue weighted by Gasteiger charge is -2.26. The third kappa shape index (κ3) is 5.20. The summed E-state index contributed by atoms with van der Waals surface area (Å²) in [5.41, 5.74) is 0.989. The molecule has 1 aromatic carbocycles. The van der Waals surface area contributed by atoms with Crippen LogP contribution >= 0.6 is 0 Å². The van der Waals surface area contributed by atoms with Crippen molar-refractivity contribution in [2.45, 2.75) is 18.2 Å². The van der Waals surface area contributed by atoms with Crippen molar-refractivity contribution in [1.82, 2.24) is 20.3 Å². The molecule has 0 radical (unpaired) electrons. The summed E-state index contributed by atoms with van der Waals surface area (Å²) >= 11 is 0. The van der Waals surface area contributed by atoms with Crippen LogP contribution in [-0.2, 0) is 14.8 Å². The van der Waals surface area contributed by atoms with Gasteiger partial charge in [0.1, 0.15) is 6.54 Å². The van der Waals surface area contributed by atoms with Gasteiger partial charge in [0.2, 0.25) is 15.9 Å². The van der Waals surface area contributed by atoms with E-state index in [9.17, 15) is 18.0 Å². The van der Waals surface area contributed by atoms with Crippen LogP contribution in [0.5, 0.6) is 0 Å². The van der Waals surface area contributed by atoms with E-state index in [2.05, 4.69) is 15.4 Å². The molecule has 1 saturated heterocycles. The van der Waals surface area contributed by atoms with Crippen LogP contribution < -0.4 is 15.4 Å². The molecule has 0 unspecified atom stereocenters. The van der Waals surface area contributed by atoms with Crippen LogP contribution in [0.3, 0.4) is 0 Å². The van der Waals surface area contributed by atoms with E-state index in [1.807, 2.05) is 6.92 Å². The number of sulfonamides is 1. The highest BCUT2D eigenvalue weighted by Gasteiger charge is 2.20. The number of hydrogen-bond acceptors (Lipinski definition) is 4. The van der Waals surface area contributed by atoms with Crippen molar-refractivity contribution in [1.29, 1.82) is 0 Å². The Morgan fingerprint density at radius 2 is 1.96 bits per heavy atom. The Hall–Kier alpha value is -2.13. The maximum Gasteiger partial charge on any atom is 0.317 e. The molecule has 0 saturated carbocycles. The van der Waals surface area contributed by atoms with Gasteiger partial charge in [0.25, 0.3) is 0 Å². The Morgan fingerprint density at radius 3 is 2.62 bits per heavy atom. The molecule has 8 nitrogen and oxygen atoms in total. The van der Waals surface area contributed by atoms with E-state index in [1.54, 1.807) is 24.3 Å². The fourth-order valence-electron chi connectivity index (χ4n) is 2.21.